The van der Waals surface area contributed by atoms with Crippen LogP contribution < -0.4 is 14.8 Å². The van der Waals surface area contributed by atoms with Gasteiger partial charge < -0.3 is 14.8 Å². The lowest BCUT2D eigenvalue weighted by Gasteiger charge is -2.16. The Morgan fingerprint density at radius 1 is 1.24 bits per heavy atom. The van der Waals surface area contributed by atoms with Gasteiger partial charge in [-0.1, -0.05) is 12.8 Å². The van der Waals surface area contributed by atoms with Crippen molar-refractivity contribution in [2.24, 2.45) is 0 Å². The Morgan fingerprint density at radius 2 is 2.00 bits per heavy atom. The third-order valence-corrected chi connectivity index (χ3v) is 3.19. The summed E-state index contributed by atoms with van der Waals surface area (Å²) in [5.41, 5.74) is 1.12. The first-order valence-corrected chi connectivity index (χ1v) is 6.41. The van der Waals surface area contributed by atoms with Gasteiger partial charge in [0.2, 0.25) is 0 Å². The Bertz CT molecular complexity index is 359. The zero-order chi connectivity index (χ0) is 12.1. The van der Waals surface area contributed by atoms with E-state index in [1.54, 1.807) is 7.11 Å². The highest BCUT2D eigenvalue weighted by molar-refractivity contribution is 5.55. The Kier molecular flexibility index (Phi) is 4.13. The van der Waals surface area contributed by atoms with E-state index in [2.05, 4.69) is 11.4 Å². The van der Waals surface area contributed by atoms with Crippen LogP contribution in [0.4, 0.5) is 5.69 Å². The molecule has 0 spiro atoms. The maximum atomic E-state index is 5.50. The predicted molar refractivity (Wildman–Crippen MR) is 70.0 cm³/mol. The first-order valence-electron chi connectivity index (χ1n) is 6.41. The first-order chi connectivity index (χ1) is 8.33. The summed E-state index contributed by atoms with van der Waals surface area (Å²) in [6, 6.07) is 6.67. The number of ether oxygens (including phenoxy) is 2. The minimum absolute atomic E-state index is 0.623. The number of hydrogen-bond acceptors (Lipinski definition) is 3. The summed E-state index contributed by atoms with van der Waals surface area (Å²) in [7, 11) is 1.68. The fourth-order valence-electron chi connectivity index (χ4n) is 2.34. The van der Waals surface area contributed by atoms with Crippen LogP contribution in [0.2, 0.25) is 0 Å². The van der Waals surface area contributed by atoms with E-state index in [1.165, 1.54) is 25.7 Å². The van der Waals surface area contributed by atoms with Crippen LogP contribution in [0.25, 0.3) is 0 Å². The van der Waals surface area contributed by atoms with Crippen LogP contribution in [-0.4, -0.2) is 19.8 Å². The average molecular weight is 235 g/mol. The van der Waals surface area contributed by atoms with Gasteiger partial charge in [0.1, 0.15) is 0 Å². The Morgan fingerprint density at radius 3 is 2.65 bits per heavy atom. The zero-order valence-electron chi connectivity index (χ0n) is 10.7. The largest absolute Gasteiger partial charge is 0.493 e. The lowest BCUT2D eigenvalue weighted by Crippen LogP contribution is -2.14. The van der Waals surface area contributed by atoms with Gasteiger partial charge in [0.25, 0.3) is 0 Å². The summed E-state index contributed by atoms with van der Waals surface area (Å²) in [5, 5.41) is 3.55. The molecule has 3 heteroatoms. The van der Waals surface area contributed by atoms with E-state index in [0.29, 0.717) is 12.6 Å². The second-order valence-electron chi connectivity index (χ2n) is 4.42. The molecule has 0 bridgehead atoms. The van der Waals surface area contributed by atoms with Crippen LogP contribution in [0.5, 0.6) is 11.5 Å². The Hall–Kier alpha value is -1.38. The van der Waals surface area contributed by atoms with Crippen LogP contribution in [0, 0.1) is 0 Å². The fourth-order valence-corrected chi connectivity index (χ4v) is 2.34. The minimum atomic E-state index is 0.623. The summed E-state index contributed by atoms with van der Waals surface area (Å²) < 4.78 is 10.8. The van der Waals surface area contributed by atoms with Gasteiger partial charge in [-0.3, -0.25) is 0 Å². The van der Waals surface area contributed by atoms with Crippen LogP contribution in [-0.2, 0) is 0 Å². The lowest BCUT2D eigenvalue weighted by atomic mass is 10.2. The first kappa shape index (κ1) is 12.1. The molecule has 94 valence electrons. The summed E-state index contributed by atoms with van der Waals surface area (Å²) in [4.78, 5) is 0. The molecule has 1 aromatic rings. The van der Waals surface area contributed by atoms with E-state index in [-0.39, 0.29) is 0 Å². The third-order valence-electron chi connectivity index (χ3n) is 3.19. The monoisotopic (exact) mass is 235 g/mol. The molecule has 2 rings (SSSR count). The normalized spacial score (nSPS) is 15.9. The number of rotatable bonds is 5. The zero-order valence-corrected chi connectivity index (χ0v) is 10.7. The van der Waals surface area contributed by atoms with E-state index in [4.69, 9.17) is 9.47 Å². The number of hydrogen-bond donors (Lipinski definition) is 1. The molecule has 1 fully saturated rings. The van der Waals surface area contributed by atoms with E-state index in [9.17, 15) is 0 Å². The maximum Gasteiger partial charge on any atom is 0.162 e. The molecule has 0 aromatic heterocycles. The fraction of sp³-hybridized carbons (Fsp3) is 0.571. The van der Waals surface area contributed by atoms with Crippen molar-refractivity contribution in [2.45, 2.75) is 38.6 Å². The average Bonchev–Trinajstić information content (AvgIpc) is 2.84. The van der Waals surface area contributed by atoms with Crippen LogP contribution in [0.15, 0.2) is 18.2 Å². The van der Waals surface area contributed by atoms with Crippen molar-refractivity contribution in [2.75, 3.05) is 19.0 Å². The van der Waals surface area contributed by atoms with E-state index in [1.807, 2.05) is 19.1 Å². The Labute approximate surface area is 103 Å². The number of methoxy groups -OCH3 is 1. The maximum absolute atomic E-state index is 5.50. The highest BCUT2D eigenvalue weighted by Gasteiger charge is 2.15. The van der Waals surface area contributed by atoms with Gasteiger partial charge in [0.05, 0.1) is 13.7 Å². The van der Waals surface area contributed by atoms with E-state index < -0.39 is 0 Å². The van der Waals surface area contributed by atoms with Crippen LogP contribution in [0.3, 0.4) is 0 Å². The molecule has 0 atom stereocenters. The summed E-state index contributed by atoms with van der Waals surface area (Å²) in [6.07, 6.45) is 5.22. The summed E-state index contributed by atoms with van der Waals surface area (Å²) in [5.74, 6) is 1.61. The highest BCUT2D eigenvalue weighted by atomic mass is 16.5. The lowest BCUT2D eigenvalue weighted by molar-refractivity contribution is 0.311. The molecule has 1 N–H and O–H groups in total. The highest BCUT2D eigenvalue weighted by Crippen LogP contribution is 2.31. The molecule has 0 saturated heterocycles. The molecule has 3 nitrogen and oxygen atoms in total. The van der Waals surface area contributed by atoms with Gasteiger partial charge >= 0.3 is 0 Å². The predicted octanol–water partition coefficient (Wildman–Crippen LogP) is 3.45. The van der Waals surface area contributed by atoms with Crippen molar-refractivity contribution < 1.29 is 9.47 Å². The number of anilines is 1. The molecule has 0 radical (unpaired) electrons. The van der Waals surface area contributed by atoms with Gasteiger partial charge in [0.15, 0.2) is 11.5 Å². The molecule has 0 amide bonds. The van der Waals surface area contributed by atoms with Gasteiger partial charge in [-0.25, -0.2) is 0 Å². The second-order valence-corrected chi connectivity index (χ2v) is 4.42. The second kappa shape index (κ2) is 5.80. The number of nitrogens with one attached hydrogen (secondary N) is 1. The SMILES string of the molecule is CCOc1ccc(NC2CCCC2)cc1OC. The van der Waals surface area contributed by atoms with Crippen molar-refractivity contribution in [1.29, 1.82) is 0 Å². The minimum Gasteiger partial charge on any atom is -0.493 e. The smallest absolute Gasteiger partial charge is 0.162 e. The van der Waals surface area contributed by atoms with Crippen molar-refractivity contribution in [3.05, 3.63) is 18.2 Å². The molecule has 0 unspecified atom stereocenters. The molecule has 1 aliphatic carbocycles. The third kappa shape index (κ3) is 3.05. The van der Waals surface area contributed by atoms with Crippen molar-refractivity contribution in [3.8, 4) is 11.5 Å². The summed E-state index contributed by atoms with van der Waals surface area (Å²) >= 11 is 0. The molecule has 0 heterocycles. The van der Waals surface area contributed by atoms with Crippen LogP contribution in [0.1, 0.15) is 32.6 Å². The van der Waals surface area contributed by atoms with Gasteiger partial charge in [0, 0.05) is 17.8 Å². The molecule has 0 aliphatic heterocycles. The van der Waals surface area contributed by atoms with Crippen LogP contribution >= 0.6 is 0 Å². The van der Waals surface area contributed by atoms with Crippen molar-refractivity contribution in [1.82, 2.24) is 0 Å². The molecule has 1 aliphatic rings. The molecular formula is C14H21NO2. The van der Waals surface area contributed by atoms with E-state index in [0.717, 1.165) is 17.2 Å². The topological polar surface area (TPSA) is 30.5 Å². The van der Waals surface area contributed by atoms with Gasteiger partial charge in [-0.15, -0.1) is 0 Å². The van der Waals surface area contributed by atoms with Crippen molar-refractivity contribution in [3.63, 3.8) is 0 Å². The summed E-state index contributed by atoms with van der Waals surface area (Å²) in [6.45, 7) is 2.63. The van der Waals surface area contributed by atoms with E-state index >= 15 is 0 Å². The molecule has 1 aromatic carbocycles. The van der Waals surface area contributed by atoms with Crippen molar-refractivity contribution >= 4 is 5.69 Å². The molecule has 17 heavy (non-hydrogen) atoms. The molecule has 1 saturated carbocycles. The molecular weight excluding hydrogens is 214 g/mol. The van der Waals surface area contributed by atoms with Gasteiger partial charge in [-0.2, -0.15) is 0 Å². The Balaban J connectivity index is 2.07. The quantitative estimate of drug-likeness (QED) is 0.848. The standard InChI is InChI=1S/C14H21NO2/c1-3-17-13-9-8-12(10-14(13)16-2)15-11-6-4-5-7-11/h8-11,15H,3-7H2,1-2H3. The van der Waals surface area contributed by atoms with Gasteiger partial charge in [-0.05, 0) is 31.9 Å². The number of benzene rings is 1.